The van der Waals surface area contributed by atoms with Crippen molar-refractivity contribution in [1.29, 1.82) is 0 Å². The van der Waals surface area contributed by atoms with Crippen molar-refractivity contribution in [2.24, 2.45) is 5.92 Å². The van der Waals surface area contributed by atoms with Crippen LogP contribution < -0.4 is 0 Å². The topological polar surface area (TPSA) is 63.7 Å². The summed E-state index contributed by atoms with van der Waals surface area (Å²) in [7, 11) is -2.01. The Morgan fingerprint density at radius 2 is 1.75 bits per heavy atom. The van der Waals surface area contributed by atoms with E-state index in [9.17, 15) is 13.2 Å². The van der Waals surface area contributed by atoms with Gasteiger partial charge in [0.15, 0.2) is 0 Å². The second-order valence-electron chi connectivity index (χ2n) is 5.43. The quantitative estimate of drug-likeness (QED) is 0.581. The van der Waals surface area contributed by atoms with Crippen molar-refractivity contribution in [3.63, 3.8) is 0 Å². The third-order valence-electron chi connectivity index (χ3n) is 3.26. The second-order valence-corrected chi connectivity index (χ2v) is 7.47. The number of hydrogen-bond donors (Lipinski definition) is 0. The fourth-order valence-electron chi connectivity index (χ4n) is 2.16. The summed E-state index contributed by atoms with van der Waals surface area (Å²) in [5.74, 6) is -0.0742. The van der Waals surface area contributed by atoms with Crippen LogP contribution in [-0.4, -0.2) is 44.1 Å². The molecule has 0 unspecified atom stereocenters. The molecule has 0 aliphatic heterocycles. The fraction of sp³-hybridized carbons (Fsp3) is 0.929. The molecule has 0 aromatic heterocycles. The summed E-state index contributed by atoms with van der Waals surface area (Å²) in [4.78, 5) is 11.1. The van der Waals surface area contributed by atoms with Gasteiger partial charge in [-0.05, 0) is 25.2 Å². The lowest BCUT2D eigenvalue weighted by atomic mass is 10.1. The molecule has 0 radical (unpaired) electrons. The maximum Gasteiger partial charge on any atom is 0.305 e. The van der Waals surface area contributed by atoms with Gasteiger partial charge in [-0.15, -0.1) is 0 Å². The summed E-state index contributed by atoms with van der Waals surface area (Å²) in [6.45, 7) is 8.57. The van der Waals surface area contributed by atoms with E-state index < -0.39 is 10.0 Å². The van der Waals surface area contributed by atoms with E-state index in [2.05, 4.69) is 4.74 Å². The van der Waals surface area contributed by atoms with Gasteiger partial charge in [-0.2, -0.15) is 4.31 Å². The van der Waals surface area contributed by atoms with E-state index in [0.717, 1.165) is 12.8 Å². The Balaban J connectivity index is 4.80. The van der Waals surface area contributed by atoms with E-state index >= 15 is 0 Å². The lowest BCUT2D eigenvalue weighted by Crippen LogP contribution is -2.43. The van der Waals surface area contributed by atoms with Gasteiger partial charge in [0.2, 0.25) is 10.0 Å². The van der Waals surface area contributed by atoms with E-state index in [4.69, 9.17) is 0 Å². The van der Waals surface area contributed by atoms with Gasteiger partial charge < -0.3 is 4.74 Å². The predicted molar refractivity (Wildman–Crippen MR) is 81.0 cm³/mol. The van der Waals surface area contributed by atoms with Gasteiger partial charge in [-0.3, -0.25) is 4.79 Å². The molecule has 5 nitrogen and oxygen atoms in total. The minimum Gasteiger partial charge on any atom is -0.469 e. The maximum atomic E-state index is 12.5. The van der Waals surface area contributed by atoms with E-state index in [0.29, 0.717) is 13.0 Å². The Labute approximate surface area is 123 Å². The molecule has 0 aromatic carbocycles. The molecular weight excluding hydrogens is 278 g/mol. The van der Waals surface area contributed by atoms with Crippen molar-refractivity contribution >= 4 is 16.0 Å². The molecule has 0 saturated heterocycles. The van der Waals surface area contributed by atoms with Gasteiger partial charge in [0, 0.05) is 19.0 Å². The first-order valence-corrected chi connectivity index (χ1v) is 8.95. The van der Waals surface area contributed by atoms with Crippen LogP contribution in [-0.2, 0) is 19.6 Å². The molecule has 0 bridgehead atoms. The lowest BCUT2D eigenvalue weighted by Gasteiger charge is -2.31. The van der Waals surface area contributed by atoms with E-state index in [1.54, 1.807) is 4.31 Å². The van der Waals surface area contributed by atoms with Crippen LogP contribution in [0.5, 0.6) is 0 Å². The van der Waals surface area contributed by atoms with Gasteiger partial charge in [-0.25, -0.2) is 8.42 Å². The molecule has 0 saturated carbocycles. The van der Waals surface area contributed by atoms with Gasteiger partial charge >= 0.3 is 5.97 Å². The highest BCUT2D eigenvalue weighted by Gasteiger charge is 2.28. The number of nitrogens with zero attached hydrogens (tertiary/aromatic N) is 1. The van der Waals surface area contributed by atoms with E-state index in [1.807, 2.05) is 27.7 Å². The van der Waals surface area contributed by atoms with Crippen LogP contribution in [0.15, 0.2) is 0 Å². The predicted octanol–water partition coefficient (Wildman–Crippen LogP) is 2.42. The van der Waals surface area contributed by atoms with Crippen molar-refractivity contribution in [2.75, 3.05) is 19.4 Å². The minimum atomic E-state index is -3.32. The summed E-state index contributed by atoms with van der Waals surface area (Å²) in [5.41, 5.74) is 0. The Bertz CT molecular complexity index is 375. The lowest BCUT2D eigenvalue weighted by molar-refractivity contribution is -0.140. The smallest absolute Gasteiger partial charge is 0.305 e. The minimum absolute atomic E-state index is 0.00528. The SMILES string of the molecule is CCC(CC)N(CC(C)C)S(=O)(=O)CCCC(=O)OC. The molecule has 0 fully saturated rings. The maximum absolute atomic E-state index is 12.5. The Morgan fingerprint density at radius 3 is 2.15 bits per heavy atom. The van der Waals surface area contributed by atoms with E-state index in [1.165, 1.54) is 7.11 Å². The van der Waals surface area contributed by atoms with Gasteiger partial charge in [0.05, 0.1) is 12.9 Å². The van der Waals surface area contributed by atoms with Gasteiger partial charge in [0.25, 0.3) is 0 Å². The third-order valence-corrected chi connectivity index (χ3v) is 5.23. The number of ether oxygens (including phenoxy) is 1. The molecule has 0 aliphatic carbocycles. The summed E-state index contributed by atoms with van der Waals surface area (Å²) in [6, 6.07) is 0.0422. The Morgan fingerprint density at radius 1 is 1.20 bits per heavy atom. The Kier molecular flexibility index (Phi) is 9.05. The molecule has 0 atom stereocenters. The molecule has 20 heavy (non-hydrogen) atoms. The van der Waals surface area contributed by atoms with Crippen LogP contribution in [0, 0.1) is 5.92 Å². The zero-order valence-electron chi connectivity index (χ0n) is 13.4. The number of hydrogen-bond acceptors (Lipinski definition) is 4. The molecule has 0 N–H and O–H groups in total. The van der Waals surface area contributed by atoms with Crippen LogP contribution in [0.1, 0.15) is 53.4 Å². The normalized spacial score (nSPS) is 12.4. The average Bonchev–Trinajstić information content (AvgIpc) is 2.38. The van der Waals surface area contributed by atoms with Gasteiger partial charge in [-0.1, -0.05) is 27.7 Å². The highest BCUT2D eigenvalue weighted by atomic mass is 32.2. The largest absolute Gasteiger partial charge is 0.469 e. The molecule has 0 rings (SSSR count). The third kappa shape index (κ3) is 6.70. The molecule has 120 valence electrons. The van der Waals surface area contributed by atoms with Crippen LogP contribution in [0.2, 0.25) is 0 Å². The molecule has 0 amide bonds. The Hall–Kier alpha value is -0.620. The highest BCUT2D eigenvalue weighted by molar-refractivity contribution is 7.89. The van der Waals surface area contributed by atoms with Crippen LogP contribution in [0.25, 0.3) is 0 Å². The molecule has 6 heteroatoms. The summed E-state index contributed by atoms with van der Waals surface area (Å²) in [6.07, 6.45) is 2.07. The zero-order valence-corrected chi connectivity index (χ0v) is 14.2. The molecule has 0 heterocycles. The van der Waals surface area contributed by atoms with E-state index in [-0.39, 0.29) is 30.1 Å². The second kappa shape index (κ2) is 9.34. The standard InChI is InChI=1S/C14H29NO4S/c1-6-13(7-2)15(11-12(3)4)20(17,18)10-8-9-14(16)19-5/h12-13H,6-11H2,1-5H3. The molecule has 0 aromatic rings. The number of rotatable bonds is 10. The first kappa shape index (κ1) is 19.4. The van der Waals surface area contributed by atoms with Crippen LogP contribution >= 0.6 is 0 Å². The summed E-state index contributed by atoms with van der Waals surface area (Å²) in [5, 5.41) is 0. The van der Waals surface area contributed by atoms with Crippen molar-refractivity contribution in [1.82, 2.24) is 4.31 Å². The van der Waals surface area contributed by atoms with Crippen molar-refractivity contribution in [2.45, 2.75) is 59.4 Å². The fourth-order valence-corrected chi connectivity index (χ4v) is 4.19. The molecule has 0 aliphatic rings. The first-order chi connectivity index (χ1) is 9.28. The number of carbonyl (C=O) groups excluding carboxylic acids is 1. The number of sulfonamides is 1. The zero-order chi connectivity index (χ0) is 15.8. The summed E-state index contributed by atoms with van der Waals surface area (Å²) < 4.78 is 31.1. The van der Waals surface area contributed by atoms with Gasteiger partial charge in [0.1, 0.15) is 0 Å². The average molecular weight is 307 g/mol. The van der Waals surface area contributed by atoms with Crippen LogP contribution in [0.4, 0.5) is 0 Å². The first-order valence-electron chi connectivity index (χ1n) is 7.34. The van der Waals surface area contributed by atoms with Crippen LogP contribution in [0.3, 0.4) is 0 Å². The number of esters is 1. The van der Waals surface area contributed by atoms with Crippen molar-refractivity contribution < 1.29 is 17.9 Å². The molecule has 0 spiro atoms. The van der Waals surface area contributed by atoms with Crippen molar-refractivity contribution in [3.05, 3.63) is 0 Å². The number of methoxy groups -OCH3 is 1. The molecular formula is C14H29NO4S. The monoisotopic (exact) mass is 307 g/mol. The van der Waals surface area contributed by atoms with Crippen molar-refractivity contribution in [3.8, 4) is 0 Å². The number of carbonyl (C=O) groups is 1. The highest BCUT2D eigenvalue weighted by Crippen LogP contribution is 2.17. The summed E-state index contributed by atoms with van der Waals surface area (Å²) >= 11 is 0.